The van der Waals surface area contributed by atoms with Gasteiger partial charge in [-0.25, -0.2) is 8.78 Å². The average Bonchev–Trinajstić information content (AvgIpc) is 2.48. The fourth-order valence-electron chi connectivity index (χ4n) is 2.28. The lowest BCUT2D eigenvalue weighted by Crippen LogP contribution is -2.10. The largest absolute Gasteiger partial charge is 0.485 e. The number of ether oxygens (including phenoxy) is 1. The quantitative estimate of drug-likeness (QED) is 0.645. The fourth-order valence-corrected chi connectivity index (χ4v) is 2.28. The number of rotatable bonds is 0. The van der Waals surface area contributed by atoms with Gasteiger partial charge in [-0.1, -0.05) is 38.1 Å². The van der Waals surface area contributed by atoms with Crippen LogP contribution in [0.15, 0.2) is 24.3 Å². The summed E-state index contributed by atoms with van der Waals surface area (Å²) < 4.78 is 33.3. The molecule has 0 aliphatic carbocycles. The lowest BCUT2D eigenvalue weighted by molar-refractivity contribution is 0.280. The highest BCUT2D eigenvalue weighted by Crippen LogP contribution is 2.41. The molecule has 3 heteroatoms. The summed E-state index contributed by atoms with van der Waals surface area (Å²) in [5.41, 5.74) is 2.96. The van der Waals surface area contributed by atoms with Crippen LogP contribution in [0, 0.1) is 25.5 Å². The molecule has 1 aliphatic heterocycles. The predicted molar refractivity (Wildman–Crippen MR) is 76.9 cm³/mol. The van der Waals surface area contributed by atoms with Crippen molar-refractivity contribution in [3.8, 4) is 16.9 Å². The number of hydrogen-bond acceptors (Lipinski definition) is 1. The molecule has 1 aliphatic rings. The second kappa shape index (κ2) is 5.61. The Morgan fingerprint density at radius 2 is 1.40 bits per heavy atom. The molecule has 0 N–H and O–H groups in total. The normalized spacial score (nSPS) is 11.7. The standard InChI is InChI=1S/C15H12F2O.C2H6/c1-8-3-5-10-11-6-4-9(2)14(17)15(11)18-7-12(10)13(8)16;1-2/h3-6H,7H2,1-2H3;1-2H3. The molecule has 0 saturated heterocycles. The van der Waals surface area contributed by atoms with Crippen molar-refractivity contribution in [1.29, 1.82) is 0 Å². The van der Waals surface area contributed by atoms with Gasteiger partial charge >= 0.3 is 0 Å². The molecule has 0 atom stereocenters. The first kappa shape index (κ1) is 14.5. The van der Waals surface area contributed by atoms with Crippen molar-refractivity contribution in [2.75, 3.05) is 0 Å². The highest BCUT2D eigenvalue weighted by Gasteiger charge is 2.24. The first-order chi connectivity index (χ1) is 9.59. The van der Waals surface area contributed by atoms with Crippen LogP contribution in [0.2, 0.25) is 0 Å². The predicted octanol–water partition coefficient (Wildman–Crippen LogP) is 5.17. The van der Waals surface area contributed by atoms with Gasteiger partial charge in [0.1, 0.15) is 12.4 Å². The van der Waals surface area contributed by atoms with Crippen molar-refractivity contribution >= 4 is 0 Å². The maximum absolute atomic E-state index is 14.0. The van der Waals surface area contributed by atoms with Crippen LogP contribution in [0.4, 0.5) is 8.78 Å². The van der Waals surface area contributed by atoms with Gasteiger partial charge in [-0.2, -0.15) is 0 Å². The van der Waals surface area contributed by atoms with Crippen LogP contribution in [-0.2, 0) is 6.61 Å². The molecule has 3 rings (SSSR count). The summed E-state index contributed by atoms with van der Waals surface area (Å²) in [7, 11) is 0. The van der Waals surface area contributed by atoms with Crippen molar-refractivity contribution < 1.29 is 13.5 Å². The topological polar surface area (TPSA) is 9.23 Å². The van der Waals surface area contributed by atoms with Gasteiger partial charge in [-0.15, -0.1) is 0 Å². The Balaban J connectivity index is 0.000000704. The number of benzene rings is 2. The smallest absolute Gasteiger partial charge is 0.168 e. The van der Waals surface area contributed by atoms with Crippen LogP contribution in [0.3, 0.4) is 0 Å². The van der Waals surface area contributed by atoms with E-state index >= 15 is 0 Å². The van der Waals surface area contributed by atoms with Crippen molar-refractivity contribution in [1.82, 2.24) is 0 Å². The summed E-state index contributed by atoms with van der Waals surface area (Å²) in [6.07, 6.45) is 0. The Labute approximate surface area is 118 Å². The molecular formula is C17H18F2O. The fraction of sp³-hybridized carbons (Fsp3) is 0.294. The minimum Gasteiger partial charge on any atom is -0.485 e. The van der Waals surface area contributed by atoms with Crippen molar-refractivity contribution in [3.05, 3.63) is 52.6 Å². The van der Waals surface area contributed by atoms with Gasteiger partial charge in [0.2, 0.25) is 0 Å². The van der Waals surface area contributed by atoms with Gasteiger partial charge in [0, 0.05) is 11.1 Å². The molecule has 0 bridgehead atoms. The zero-order valence-corrected chi connectivity index (χ0v) is 12.2. The molecule has 1 heterocycles. The van der Waals surface area contributed by atoms with Crippen LogP contribution < -0.4 is 4.74 Å². The highest BCUT2D eigenvalue weighted by molar-refractivity contribution is 5.76. The minimum absolute atomic E-state index is 0.0796. The van der Waals surface area contributed by atoms with Crippen LogP contribution in [0.5, 0.6) is 5.75 Å². The third-order valence-corrected chi connectivity index (χ3v) is 3.38. The van der Waals surface area contributed by atoms with Gasteiger partial charge in [0.15, 0.2) is 11.6 Å². The molecule has 106 valence electrons. The summed E-state index contributed by atoms with van der Waals surface area (Å²) in [5, 5.41) is 0. The number of hydrogen-bond donors (Lipinski definition) is 0. The lowest BCUT2D eigenvalue weighted by Gasteiger charge is -2.22. The summed E-state index contributed by atoms with van der Waals surface area (Å²) in [5.74, 6) is -0.399. The van der Waals surface area contributed by atoms with E-state index in [1.165, 1.54) is 0 Å². The first-order valence-corrected chi connectivity index (χ1v) is 6.80. The van der Waals surface area contributed by atoms with E-state index in [-0.39, 0.29) is 24.0 Å². The molecule has 0 aromatic heterocycles. The minimum atomic E-state index is -0.362. The Morgan fingerprint density at radius 3 is 2.05 bits per heavy atom. The molecular weight excluding hydrogens is 258 g/mol. The van der Waals surface area contributed by atoms with Crippen LogP contribution >= 0.6 is 0 Å². The highest BCUT2D eigenvalue weighted by atomic mass is 19.1. The van der Waals surface area contributed by atoms with Crippen molar-refractivity contribution in [2.24, 2.45) is 0 Å². The molecule has 0 fully saturated rings. The third kappa shape index (κ3) is 2.17. The second-order valence-electron chi connectivity index (χ2n) is 4.58. The van der Waals surface area contributed by atoms with E-state index in [1.54, 1.807) is 32.0 Å². The zero-order chi connectivity index (χ0) is 14.9. The van der Waals surface area contributed by atoms with E-state index < -0.39 is 0 Å². The lowest BCUT2D eigenvalue weighted by atomic mass is 9.94. The van der Waals surface area contributed by atoms with E-state index in [2.05, 4.69) is 0 Å². The molecule has 2 aromatic carbocycles. The number of fused-ring (bicyclic) bond motifs is 3. The summed E-state index contributed by atoms with van der Waals surface area (Å²) in [6.45, 7) is 7.47. The third-order valence-electron chi connectivity index (χ3n) is 3.38. The summed E-state index contributed by atoms with van der Waals surface area (Å²) in [4.78, 5) is 0. The van der Waals surface area contributed by atoms with Gasteiger partial charge in [0.05, 0.1) is 0 Å². The van der Waals surface area contributed by atoms with Gasteiger partial charge in [0.25, 0.3) is 0 Å². The molecule has 0 unspecified atom stereocenters. The van der Waals surface area contributed by atoms with Gasteiger partial charge in [-0.3, -0.25) is 0 Å². The molecule has 0 radical (unpaired) electrons. The van der Waals surface area contributed by atoms with Gasteiger partial charge < -0.3 is 4.74 Å². The molecule has 1 nitrogen and oxygen atoms in total. The molecule has 0 spiro atoms. The molecule has 20 heavy (non-hydrogen) atoms. The van der Waals surface area contributed by atoms with E-state index in [1.807, 2.05) is 19.9 Å². The van der Waals surface area contributed by atoms with Gasteiger partial charge in [-0.05, 0) is 30.5 Å². The summed E-state index contributed by atoms with van der Waals surface area (Å²) in [6, 6.07) is 7.00. The zero-order valence-electron chi connectivity index (χ0n) is 12.2. The number of aryl methyl sites for hydroxylation is 2. The Hall–Kier alpha value is -1.90. The van der Waals surface area contributed by atoms with Crippen molar-refractivity contribution in [2.45, 2.75) is 34.3 Å². The second-order valence-corrected chi connectivity index (χ2v) is 4.58. The van der Waals surface area contributed by atoms with E-state index in [0.717, 1.165) is 5.56 Å². The van der Waals surface area contributed by atoms with E-state index in [0.29, 0.717) is 22.3 Å². The van der Waals surface area contributed by atoms with Crippen LogP contribution in [0.1, 0.15) is 30.5 Å². The van der Waals surface area contributed by atoms with Crippen LogP contribution in [-0.4, -0.2) is 0 Å². The monoisotopic (exact) mass is 276 g/mol. The SMILES string of the molecule is CC.Cc1ccc2c(c1F)COc1c-2ccc(C)c1F. The molecule has 2 aromatic rings. The molecule has 0 saturated carbocycles. The number of halogens is 2. The van der Waals surface area contributed by atoms with Crippen molar-refractivity contribution in [3.63, 3.8) is 0 Å². The Kier molecular flexibility index (Phi) is 4.07. The first-order valence-electron chi connectivity index (χ1n) is 6.80. The Bertz CT molecular complexity index is 590. The van der Waals surface area contributed by atoms with E-state index in [9.17, 15) is 8.78 Å². The van der Waals surface area contributed by atoms with E-state index in [4.69, 9.17) is 4.74 Å². The average molecular weight is 276 g/mol. The summed E-state index contributed by atoms with van der Waals surface area (Å²) >= 11 is 0. The molecule has 0 amide bonds. The van der Waals surface area contributed by atoms with Crippen LogP contribution in [0.25, 0.3) is 11.1 Å². The Morgan fingerprint density at radius 1 is 0.850 bits per heavy atom. The maximum atomic E-state index is 14.0. The maximum Gasteiger partial charge on any atom is 0.168 e.